The fourth-order valence-electron chi connectivity index (χ4n) is 2.62. The molecule has 0 radical (unpaired) electrons. The quantitative estimate of drug-likeness (QED) is 0.801. The van der Waals surface area contributed by atoms with Gasteiger partial charge in [-0.1, -0.05) is 0 Å². The van der Waals surface area contributed by atoms with Crippen LogP contribution in [-0.2, 0) is 0 Å². The van der Waals surface area contributed by atoms with Crippen LogP contribution in [0.3, 0.4) is 0 Å². The number of pyridine rings is 1. The van der Waals surface area contributed by atoms with E-state index in [1.165, 1.54) is 0 Å². The summed E-state index contributed by atoms with van der Waals surface area (Å²) in [5.74, 6) is 0.431. The molecule has 1 N–H and O–H groups in total. The van der Waals surface area contributed by atoms with Gasteiger partial charge in [0.05, 0.1) is 12.8 Å². The molecule has 6 heteroatoms. The Bertz CT molecular complexity index is 882. The molecule has 0 saturated carbocycles. The molecule has 0 spiro atoms. The van der Waals surface area contributed by atoms with Crippen LogP contribution in [-0.4, -0.2) is 36.5 Å². The molecule has 0 aliphatic rings. The highest BCUT2D eigenvalue weighted by atomic mass is 16.5. The number of aryl methyl sites for hydroxylation is 1. The summed E-state index contributed by atoms with van der Waals surface area (Å²) in [6.07, 6.45) is 1.81. The topological polar surface area (TPSA) is 58.9 Å². The van der Waals surface area contributed by atoms with E-state index < -0.39 is 0 Å². The van der Waals surface area contributed by atoms with E-state index in [0.717, 1.165) is 11.4 Å². The van der Waals surface area contributed by atoms with E-state index in [1.54, 1.807) is 11.5 Å². The lowest BCUT2D eigenvalue weighted by atomic mass is 10.2. The number of imidazole rings is 1. The minimum atomic E-state index is -0.203. The SMILES string of the molecule is COc1cccn2c(C(=O)Nc3ccc(N(C)C)cc3)c(C)nc12. The highest BCUT2D eigenvalue weighted by molar-refractivity contribution is 6.04. The van der Waals surface area contributed by atoms with E-state index >= 15 is 0 Å². The Kier molecular flexibility index (Phi) is 4.12. The molecule has 3 rings (SSSR count). The Morgan fingerprint density at radius 3 is 2.54 bits per heavy atom. The zero-order valence-electron chi connectivity index (χ0n) is 14.2. The average molecular weight is 324 g/mol. The van der Waals surface area contributed by atoms with Crippen molar-refractivity contribution in [2.45, 2.75) is 6.92 Å². The number of methoxy groups -OCH3 is 1. The number of ether oxygens (including phenoxy) is 1. The van der Waals surface area contributed by atoms with Crippen LogP contribution in [0.1, 0.15) is 16.2 Å². The van der Waals surface area contributed by atoms with Crippen molar-refractivity contribution in [3.05, 3.63) is 54.0 Å². The third kappa shape index (κ3) is 2.78. The van der Waals surface area contributed by atoms with Gasteiger partial charge in [-0.25, -0.2) is 4.98 Å². The number of fused-ring (bicyclic) bond motifs is 1. The van der Waals surface area contributed by atoms with Gasteiger partial charge in [0.15, 0.2) is 11.4 Å². The van der Waals surface area contributed by atoms with E-state index in [9.17, 15) is 4.79 Å². The van der Waals surface area contributed by atoms with Crippen LogP contribution in [0, 0.1) is 6.92 Å². The molecule has 6 nitrogen and oxygen atoms in total. The molecule has 124 valence electrons. The van der Waals surface area contributed by atoms with Gasteiger partial charge in [-0.05, 0) is 43.3 Å². The van der Waals surface area contributed by atoms with Crippen molar-refractivity contribution in [2.75, 3.05) is 31.4 Å². The first-order valence-electron chi connectivity index (χ1n) is 7.61. The van der Waals surface area contributed by atoms with Gasteiger partial charge in [0.25, 0.3) is 5.91 Å². The number of anilines is 2. The fourth-order valence-corrected chi connectivity index (χ4v) is 2.62. The monoisotopic (exact) mass is 324 g/mol. The van der Waals surface area contributed by atoms with E-state index in [0.29, 0.717) is 22.8 Å². The molecular weight excluding hydrogens is 304 g/mol. The summed E-state index contributed by atoms with van der Waals surface area (Å²) in [5.41, 5.74) is 3.60. The summed E-state index contributed by atoms with van der Waals surface area (Å²) in [4.78, 5) is 19.2. The van der Waals surface area contributed by atoms with Crippen LogP contribution in [0.5, 0.6) is 5.75 Å². The van der Waals surface area contributed by atoms with Gasteiger partial charge in [-0.2, -0.15) is 0 Å². The molecular formula is C18H20N4O2. The second-order valence-electron chi connectivity index (χ2n) is 5.71. The molecule has 0 atom stereocenters. The van der Waals surface area contributed by atoms with Crippen LogP contribution in [0.25, 0.3) is 5.65 Å². The summed E-state index contributed by atoms with van der Waals surface area (Å²) >= 11 is 0. The van der Waals surface area contributed by atoms with Crippen LogP contribution in [0.2, 0.25) is 0 Å². The summed E-state index contributed by atoms with van der Waals surface area (Å²) in [7, 11) is 5.54. The number of nitrogens with one attached hydrogen (secondary N) is 1. The lowest BCUT2D eigenvalue weighted by Crippen LogP contribution is -2.16. The molecule has 3 aromatic rings. The Balaban J connectivity index is 1.93. The van der Waals surface area contributed by atoms with Gasteiger partial charge in [0.2, 0.25) is 0 Å². The third-order valence-electron chi connectivity index (χ3n) is 3.87. The van der Waals surface area contributed by atoms with Crippen molar-refractivity contribution in [3.63, 3.8) is 0 Å². The Morgan fingerprint density at radius 1 is 1.21 bits per heavy atom. The second-order valence-corrected chi connectivity index (χ2v) is 5.71. The highest BCUT2D eigenvalue weighted by Crippen LogP contribution is 2.23. The maximum absolute atomic E-state index is 12.7. The van der Waals surface area contributed by atoms with Crippen molar-refractivity contribution < 1.29 is 9.53 Å². The zero-order valence-corrected chi connectivity index (χ0v) is 14.2. The van der Waals surface area contributed by atoms with Gasteiger partial charge in [-0.3, -0.25) is 9.20 Å². The number of hydrogen-bond donors (Lipinski definition) is 1. The molecule has 2 aromatic heterocycles. The molecule has 0 unspecified atom stereocenters. The lowest BCUT2D eigenvalue weighted by Gasteiger charge is -2.13. The molecule has 2 heterocycles. The van der Waals surface area contributed by atoms with Crippen LogP contribution in [0.15, 0.2) is 42.6 Å². The van der Waals surface area contributed by atoms with E-state index in [4.69, 9.17) is 4.74 Å². The number of benzene rings is 1. The van der Waals surface area contributed by atoms with Crippen molar-refractivity contribution in [1.82, 2.24) is 9.38 Å². The van der Waals surface area contributed by atoms with Gasteiger partial charge in [0.1, 0.15) is 5.69 Å². The van der Waals surface area contributed by atoms with Gasteiger partial charge in [-0.15, -0.1) is 0 Å². The van der Waals surface area contributed by atoms with Gasteiger partial charge in [0, 0.05) is 31.7 Å². The Morgan fingerprint density at radius 2 is 1.92 bits per heavy atom. The predicted molar refractivity (Wildman–Crippen MR) is 95.2 cm³/mol. The summed E-state index contributed by atoms with van der Waals surface area (Å²) in [6, 6.07) is 11.3. The summed E-state index contributed by atoms with van der Waals surface area (Å²) < 4.78 is 7.06. The van der Waals surface area contributed by atoms with Gasteiger partial charge >= 0.3 is 0 Å². The molecule has 1 amide bonds. The lowest BCUT2D eigenvalue weighted by molar-refractivity contribution is 0.102. The second kappa shape index (κ2) is 6.23. The minimum absolute atomic E-state index is 0.203. The largest absolute Gasteiger partial charge is 0.493 e. The smallest absolute Gasteiger partial charge is 0.274 e. The maximum atomic E-state index is 12.7. The number of aromatic nitrogens is 2. The van der Waals surface area contributed by atoms with Gasteiger partial charge < -0.3 is 15.0 Å². The minimum Gasteiger partial charge on any atom is -0.493 e. The summed E-state index contributed by atoms with van der Waals surface area (Å²) in [5, 5.41) is 2.92. The van der Waals surface area contributed by atoms with Crippen molar-refractivity contribution in [3.8, 4) is 5.75 Å². The van der Waals surface area contributed by atoms with Crippen molar-refractivity contribution in [1.29, 1.82) is 0 Å². The van der Waals surface area contributed by atoms with E-state index in [-0.39, 0.29) is 5.91 Å². The van der Waals surface area contributed by atoms with Crippen LogP contribution in [0.4, 0.5) is 11.4 Å². The maximum Gasteiger partial charge on any atom is 0.274 e. The Labute approximate surface area is 140 Å². The first-order chi connectivity index (χ1) is 11.5. The molecule has 24 heavy (non-hydrogen) atoms. The first kappa shape index (κ1) is 15.9. The average Bonchev–Trinajstić information content (AvgIpc) is 2.91. The number of carbonyl (C=O) groups is 1. The normalized spacial score (nSPS) is 10.7. The number of carbonyl (C=O) groups excluding carboxylic acids is 1. The molecule has 1 aromatic carbocycles. The number of rotatable bonds is 4. The van der Waals surface area contributed by atoms with E-state index in [2.05, 4.69) is 10.3 Å². The molecule has 0 saturated heterocycles. The zero-order chi connectivity index (χ0) is 17.3. The standard InChI is InChI=1S/C18H20N4O2/c1-12-16(22-11-5-6-15(24-4)17(22)19-12)18(23)20-13-7-9-14(10-8-13)21(2)3/h5-11H,1-4H3,(H,20,23). The number of nitrogens with zero attached hydrogens (tertiary/aromatic N) is 3. The molecule has 0 aliphatic heterocycles. The molecule has 0 aliphatic carbocycles. The fraction of sp³-hybridized carbons (Fsp3) is 0.222. The molecule has 0 bridgehead atoms. The molecule has 0 fully saturated rings. The van der Waals surface area contributed by atoms with Crippen LogP contribution < -0.4 is 15.0 Å². The number of amides is 1. The number of hydrogen-bond acceptors (Lipinski definition) is 4. The summed E-state index contributed by atoms with van der Waals surface area (Å²) in [6.45, 7) is 1.82. The third-order valence-corrected chi connectivity index (χ3v) is 3.87. The highest BCUT2D eigenvalue weighted by Gasteiger charge is 2.18. The first-order valence-corrected chi connectivity index (χ1v) is 7.61. The van der Waals surface area contributed by atoms with Crippen molar-refractivity contribution >= 4 is 22.9 Å². The Hall–Kier alpha value is -3.02. The van der Waals surface area contributed by atoms with Crippen LogP contribution >= 0.6 is 0 Å². The van der Waals surface area contributed by atoms with Crippen molar-refractivity contribution in [2.24, 2.45) is 0 Å². The van der Waals surface area contributed by atoms with E-state index in [1.807, 2.05) is 68.5 Å². The predicted octanol–water partition coefficient (Wildman–Crippen LogP) is 2.97.